The summed E-state index contributed by atoms with van der Waals surface area (Å²) < 4.78 is 22.0. The minimum absolute atomic E-state index is 0. The third kappa shape index (κ3) is 16.7. The third-order valence-electron chi connectivity index (χ3n) is 0.197. The summed E-state index contributed by atoms with van der Waals surface area (Å²) in [5.74, 6) is 0. The van der Waals surface area contributed by atoms with Crippen LogP contribution in [-0.4, -0.2) is 90.7 Å². The van der Waals surface area contributed by atoms with Gasteiger partial charge in [0.15, 0.2) is 0 Å². The zero-order chi connectivity index (χ0) is 6.78. The van der Waals surface area contributed by atoms with Gasteiger partial charge in [0.25, 0.3) is 0 Å². The maximum absolute atomic E-state index is 9.38. The van der Waals surface area contributed by atoms with Crippen molar-refractivity contribution < 1.29 is 27.7 Å². The van der Waals surface area contributed by atoms with E-state index < -0.39 is 17.0 Å². The monoisotopic (exact) mass is 224 g/mol. The molecule has 0 unspecified atom stereocenters. The van der Waals surface area contributed by atoms with Gasteiger partial charge in [-0.3, -0.25) is 0 Å². The summed E-state index contributed by atoms with van der Waals surface area (Å²) in [7, 11) is -8.19. The van der Waals surface area contributed by atoms with E-state index in [1.807, 2.05) is 0 Å². The van der Waals surface area contributed by atoms with Crippen LogP contribution in [0.5, 0.6) is 0 Å². The van der Waals surface area contributed by atoms with E-state index in [4.69, 9.17) is 14.4 Å². The summed E-state index contributed by atoms with van der Waals surface area (Å²) in [6.07, 6.45) is 0. The molecule has 0 aromatic heterocycles. The minimum atomic E-state index is -4.82. The topological polar surface area (TPSA) is 104 Å². The molecular formula is H6CaNaO6PSi. The van der Waals surface area contributed by atoms with Crippen LogP contribution in [0, 0.1) is 0 Å². The van der Waals surface area contributed by atoms with Crippen LogP contribution in [0.4, 0.5) is 0 Å². The Kier molecular flexibility index (Phi) is 14.2. The zero-order valence-electron chi connectivity index (χ0n) is 3.51. The van der Waals surface area contributed by atoms with Crippen LogP contribution < -0.4 is 0 Å². The number of rotatable bonds is 2. The fourth-order valence-electron chi connectivity index (χ4n) is 0.100. The Hall–Kier alpha value is 2.22. The average molecular weight is 224 g/mol. The van der Waals surface area contributed by atoms with Gasteiger partial charge in [0.1, 0.15) is 0 Å². The van der Waals surface area contributed by atoms with Gasteiger partial charge in [0.2, 0.25) is 0 Å². The number of hydrogen-bond donors (Lipinski definition) is 3. The molecule has 10 heteroatoms. The molecule has 0 amide bonds. The van der Waals surface area contributed by atoms with Gasteiger partial charge in [-0.25, -0.2) is 13.3 Å². The average Bonchev–Trinajstić information content (AvgIpc) is 1.21. The molecule has 3 N–H and O–H groups in total. The van der Waals surface area contributed by atoms with Crippen LogP contribution in [0.3, 0.4) is 0 Å². The first-order chi connectivity index (χ1) is 3.42. The van der Waals surface area contributed by atoms with Gasteiger partial charge in [0.05, 0.1) is 0 Å². The van der Waals surface area contributed by atoms with Crippen molar-refractivity contribution in [2.45, 2.75) is 0 Å². The van der Waals surface area contributed by atoms with Gasteiger partial charge < -0.3 is 14.4 Å². The molecule has 0 spiro atoms. The Balaban J connectivity index is -0.000000245. The normalized spacial score (nSPS) is 9.10. The standard InChI is InChI=1S/Ca.Na.H3O6PSi.3H/c;;1-7(2)6-8(3,4)5;;;/h;;3-5H;;;. The molecule has 0 fully saturated rings. The SMILES string of the molecule is O=P(=O)O[Si](O)(O)O.[CaH2].[NaH]. The molecule has 0 aromatic carbocycles. The summed E-state index contributed by atoms with van der Waals surface area (Å²) in [4.78, 5) is 23.5. The van der Waals surface area contributed by atoms with Crippen LogP contribution >= 0.6 is 7.91 Å². The zero-order valence-corrected chi connectivity index (χ0v) is 5.41. The van der Waals surface area contributed by atoms with Crippen molar-refractivity contribution in [1.82, 2.24) is 0 Å². The van der Waals surface area contributed by atoms with Crippen LogP contribution in [0.15, 0.2) is 0 Å². The quantitative estimate of drug-likeness (QED) is 0.340. The molecule has 0 rings (SSSR count). The van der Waals surface area contributed by atoms with Crippen LogP contribution in [0.25, 0.3) is 0 Å². The van der Waals surface area contributed by atoms with Crippen molar-refractivity contribution in [3.63, 3.8) is 0 Å². The summed E-state index contributed by atoms with van der Waals surface area (Å²) in [6, 6.07) is 0. The Morgan fingerprint density at radius 1 is 1.20 bits per heavy atom. The predicted octanol–water partition coefficient (Wildman–Crippen LogP) is -3.06. The molecule has 0 bridgehead atoms. The summed E-state index contributed by atoms with van der Waals surface area (Å²) >= 11 is 0. The van der Waals surface area contributed by atoms with E-state index in [2.05, 4.69) is 4.21 Å². The van der Waals surface area contributed by atoms with E-state index in [-0.39, 0.29) is 67.3 Å². The fourth-order valence-corrected chi connectivity index (χ4v) is 0.900. The Bertz CT molecular complexity index is 129. The van der Waals surface area contributed by atoms with Gasteiger partial charge >= 0.3 is 84.3 Å². The second kappa shape index (κ2) is 7.84. The van der Waals surface area contributed by atoms with Gasteiger partial charge in [-0.1, -0.05) is 0 Å². The van der Waals surface area contributed by atoms with Crippen molar-refractivity contribution in [1.29, 1.82) is 0 Å². The molecule has 6 nitrogen and oxygen atoms in total. The molecule has 54 valence electrons. The number of hydrogen-bond acceptors (Lipinski definition) is 6. The van der Waals surface area contributed by atoms with E-state index in [9.17, 15) is 9.13 Å². The molecule has 0 aliphatic heterocycles. The van der Waals surface area contributed by atoms with Crippen molar-refractivity contribution in [2.24, 2.45) is 0 Å². The Labute approximate surface area is 110 Å². The van der Waals surface area contributed by atoms with Gasteiger partial charge in [-0.15, -0.1) is 0 Å². The Morgan fingerprint density at radius 3 is 1.50 bits per heavy atom. The van der Waals surface area contributed by atoms with Crippen LogP contribution in [0.2, 0.25) is 0 Å². The van der Waals surface area contributed by atoms with E-state index in [1.165, 1.54) is 0 Å². The molecule has 0 aromatic rings. The van der Waals surface area contributed by atoms with Gasteiger partial charge in [0, 0.05) is 0 Å². The maximum atomic E-state index is 9.38. The van der Waals surface area contributed by atoms with E-state index >= 15 is 0 Å². The van der Waals surface area contributed by atoms with E-state index in [0.717, 1.165) is 0 Å². The van der Waals surface area contributed by atoms with Crippen molar-refractivity contribution >= 4 is 84.3 Å². The fraction of sp³-hybridized carbons (Fsp3) is 0. The molecule has 0 aliphatic rings. The van der Waals surface area contributed by atoms with Crippen molar-refractivity contribution in [3.05, 3.63) is 0 Å². The first-order valence-corrected chi connectivity index (χ1v) is 4.27. The Morgan fingerprint density at radius 2 is 1.50 bits per heavy atom. The second-order valence-electron chi connectivity index (χ2n) is 0.889. The van der Waals surface area contributed by atoms with Crippen molar-refractivity contribution in [3.8, 4) is 0 Å². The molecular weight excluding hydrogens is 218 g/mol. The molecule has 0 saturated carbocycles. The van der Waals surface area contributed by atoms with Gasteiger partial charge in [-0.05, 0) is 0 Å². The van der Waals surface area contributed by atoms with E-state index in [1.54, 1.807) is 0 Å². The predicted molar refractivity (Wildman–Crippen MR) is 37.5 cm³/mol. The van der Waals surface area contributed by atoms with Crippen molar-refractivity contribution in [2.75, 3.05) is 0 Å². The third-order valence-corrected chi connectivity index (χ3v) is 1.77. The van der Waals surface area contributed by atoms with Gasteiger partial charge in [-0.2, -0.15) is 0 Å². The summed E-state index contributed by atoms with van der Waals surface area (Å²) in [6.45, 7) is 0. The molecule has 0 aliphatic carbocycles. The molecule has 0 radical (unpaired) electrons. The summed E-state index contributed by atoms with van der Waals surface area (Å²) in [5.41, 5.74) is 0. The van der Waals surface area contributed by atoms with E-state index in [0.29, 0.717) is 0 Å². The molecule has 0 saturated heterocycles. The molecule has 0 atom stereocenters. The second-order valence-corrected chi connectivity index (χ2v) is 3.21. The molecule has 10 heavy (non-hydrogen) atoms. The summed E-state index contributed by atoms with van der Waals surface area (Å²) in [5, 5.41) is 0. The van der Waals surface area contributed by atoms with Crippen LogP contribution in [0.1, 0.15) is 0 Å². The first kappa shape index (κ1) is 18.1. The molecule has 0 heterocycles. The first-order valence-electron chi connectivity index (χ1n) is 1.42. The van der Waals surface area contributed by atoms with Crippen LogP contribution in [-0.2, 0) is 13.3 Å².